The van der Waals surface area contributed by atoms with Crippen LogP contribution in [0.3, 0.4) is 0 Å². The Balaban J connectivity index is 2.08. The maximum Gasteiger partial charge on any atom is 0.336 e. The van der Waals surface area contributed by atoms with Crippen LogP contribution in [0.5, 0.6) is 0 Å². The molecule has 0 saturated heterocycles. The molecule has 4 aromatic rings. The van der Waals surface area contributed by atoms with E-state index in [1.165, 1.54) is 18.2 Å². The molecule has 2 aromatic carbocycles. The highest BCUT2D eigenvalue weighted by molar-refractivity contribution is 6.09. The Kier molecular flexibility index (Phi) is 2.88. The smallest absolute Gasteiger partial charge is 0.336 e. The Morgan fingerprint density at radius 3 is 2.48 bits per heavy atom. The van der Waals surface area contributed by atoms with Crippen LogP contribution in [0.25, 0.3) is 33.1 Å². The number of H-pyrrole nitrogens is 1. The molecule has 0 amide bonds. The van der Waals surface area contributed by atoms with Crippen LogP contribution in [-0.4, -0.2) is 4.98 Å². The average Bonchev–Trinajstić information content (AvgIpc) is 2.92. The number of rotatable bonds is 1. The second-order valence-corrected chi connectivity index (χ2v) is 5.79. The molecule has 0 fully saturated rings. The van der Waals surface area contributed by atoms with Gasteiger partial charge >= 0.3 is 5.63 Å². The molecule has 0 atom stereocenters. The van der Waals surface area contributed by atoms with Crippen molar-refractivity contribution in [1.29, 1.82) is 0 Å². The fraction of sp³-hybridized carbons (Fsp3) is 0.105. The Morgan fingerprint density at radius 1 is 1.00 bits per heavy atom. The van der Waals surface area contributed by atoms with Crippen LogP contribution in [0.2, 0.25) is 0 Å². The number of aromatic nitrogens is 1. The average molecular weight is 307 g/mol. The molecule has 3 nitrogen and oxygen atoms in total. The first-order chi connectivity index (χ1) is 11.0. The van der Waals surface area contributed by atoms with Crippen molar-refractivity contribution in [2.24, 2.45) is 0 Å². The molecule has 114 valence electrons. The van der Waals surface area contributed by atoms with Crippen LogP contribution in [0.4, 0.5) is 4.39 Å². The van der Waals surface area contributed by atoms with Crippen molar-refractivity contribution >= 4 is 21.9 Å². The molecule has 0 aliphatic carbocycles. The van der Waals surface area contributed by atoms with Gasteiger partial charge in [-0.1, -0.05) is 0 Å². The van der Waals surface area contributed by atoms with Crippen LogP contribution in [-0.2, 0) is 0 Å². The third-order valence-electron chi connectivity index (χ3n) is 4.17. The lowest BCUT2D eigenvalue weighted by molar-refractivity contribution is 0.560. The summed E-state index contributed by atoms with van der Waals surface area (Å²) in [5, 5.41) is 1.93. The van der Waals surface area contributed by atoms with E-state index >= 15 is 0 Å². The second kappa shape index (κ2) is 4.81. The maximum atomic E-state index is 13.1. The molecular weight excluding hydrogens is 293 g/mol. The van der Waals surface area contributed by atoms with E-state index in [0.717, 1.165) is 38.7 Å². The quantitative estimate of drug-likeness (QED) is 0.518. The number of hydrogen-bond donors (Lipinski definition) is 1. The van der Waals surface area contributed by atoms with Crippen molar-refractivity contribution in [2.75, 3.05) is 0 Å². The van der Waals surface area contributed by atoms with Crippen molar-refractivity contribution in [3.05, 3.63) is 69.8 Å². The maximum absolute atomic E-state index is 13.1. The van der Waals surface area contributed by atoms with Gasteiger partial charge in [-0.25, -0.2) is 9.18 Å². The third-order valence-corrected chi connectivity index (χ3v) is 4.17. The first-order valence-corrected chi connectivity index (χ1v) is 7.35. The van der Waals surface area contributed by atoms with Crippen molar-refractivity contribution in [3.63, 3.8) is 0 Å². The molecule has 4 heteroatoms. The summed E-state index contributed by atoms with van der Waals surface area (Å²) >= 11 is 0. The standard InChI is InChI=1S/C19H14FNO2/c1-10-8-17(22)23-16-7-11(2)19-14(18(10)16)9-15(21-19)12-3-5-13(20)6-4-12/h3-9,21H,1-2H3. The first-order valence-electron chi connectivity index (χ1n) is 7.35. The van der Waals surface area contributed by atoms with E-state index < -0.39 is 0 Å². The summed E-state index contributed by atoms with van der Waals surface area (Å²) in [5.74, 6) is -0.260. The predicted molar refractivity (Wildman–Crippen MR) is 89.2 cm³/mol. The normalized spacial score (nSPS) is 11.4. The topological polar surface area (TPSA) is 46.0 Å². The summed E-state index contributed by atoms with van der Waals surface area (Å²) in [4.78, 5) is 15.0. The number of benzene rings is 2. The van der Waals surface area contributed by atoms with Crippen LogP contribution in [0.15, 0.2) is 51.7 Å². The molecule has 1 N–H and O–H groups in total. The molecule has 0 aliphatic rings. The number of hydrogen-bond acceptors (Lipinski definition) is 2. The number of nitrogens with one attached hydrogen (secondary N) is 1. The Bertz CT molecular complexity index is 1100. The van der Waals surface area contributed by atoms with E-state index in [1.807, 2.05) is 26.0 Å². The first kappa shape index (κ1) is 13.8. The number of halogens is 1. The van der Waals surface area contributed by atoms with Gasteiger partial charge in [-0.3, -0.25) is 0 Å². The predicted octanol–water partition coefficient (Wildman–Crippen LogP) is 4.70. The summed E-state index contributed by atoms with van der Waals surface area (Å²) < 4.78 is 18.5. The molecule has 0 unspecified atom stereocenters. The number of fused-ring (bicyclic) bond motifs is 3. The van der Waals surface area contributed by atoms with Gasteiger partial charge in [0.25, 0.3) is 0 Å². The van der Waals surface area contributed by atoms with E-state index in [-0.39, 0.29) is 11.4 Å². The summed E-state index contributed by atoms with van der Waals surface area (Å²) in [6, 6.07) is 11.8. The zero-order valence-corrected chi connectivity index (χ0v) is 12.7. The van der Waals surface area contributed by atoms with Crippen LogP contribution < -0.4 is 5.63 Å². The van der Waals surface area contributed by atoms with Gasteiger partial charge in [-0.2, -0.15) is 0 Å². The van der Waals surface area contributed by atoms with E-state index in [9.17, 15) is 9.18 Å². The zero-order valence-electron chi connectivity index (χ0n) is 12.7. The fourth-order valence-corrected chi connectivity index (χ4v) is 3.10. The molecule has 23 heavy (non-hydrogen) atoms. The van der Waals surface area contributed by atoms with Gasteiger partial charge < -0.3 is 9.40 Å². The molecule has 0 aliphatic heterocycles. The van der Waals surface area contributed by atoms with Gasteiger partial charge in [-0.05, 0) is 66.9 Å². The van der Waals surface area contributed by atoms with Gasteiger partial charge in [-0.15, -0.1) is 0 Å². The summed E-state index contributed by atoms with van der Waals surface area (Å²) in [5.41, 5.74) is 4.92. The number of aryl methyl sites for hydroxylation is 2. The zero-order chi connectivity index (χ0) is 16.1. The Hall–Kier alpha value is -2.88. The Morgan fingerprint density at radius 2 is 1.74 bits per heavy atom. The van der Waals surface area contributed by atoms with Gasteiger partial charge in [0.1, 0.15) is 11.4 Å². The van der Waals surface area contributed by atoms with Crippen molar-refractivity contribution in [1.82, 2.24) is 4.98 Å². The number of aromatic amines is 1. The van der Waals surface area contributed by atoms with E-state index in [0.29, 0.717) is 5.58 Å². The molecule has 0 bridgehead atoms. The lowest BCUT2D eigenvalue weighted by atomic mass is 10.0. The Labute approximate surface area is 131 Å². The highest BCUT2D eigenvalue weighted by atomic mass is 19.1. The third kappa shape index (κ3) is 2.14. The van der Waals surface area contributed by atoms with Crippen molar-refractivity contribution < 1.29 is 8.81 Å². The van der Waals surface area contributed by atoms with Crippen molar-refractivity contribution in [3.8, 4) is 11.3 Å². The van der Waals surface area contributed by atoms with Gasteiger partial charge in [0.15, 0.2) is 0 Å². The monoisotopic (exact) mass is 307 g/mol. The molecule has 4 rings (SSSR count). The molecule has 2 aromatic heterocycles. The van der Waals surface area contributed by atoms with Crippen LogP contribution in [0, 0.1) is 19.7 Å². The summed E-state index contributed by atoms with van der Waals surface area (Å²) in [6.07, 6.45) is 0. The minimum absolute atomic E-state index is 0.260. The lowest BCUT2D eigenvalue weighted by Gasteiger charge is -2.04. The van der Waals surface area contributed by atoms with Gasteiger partial charge in [0, 0.05) is 28.0 Å². The van der Waals surface area contributed by atoms with Crippen LogP contribution in [0.1, 0.15) is 11.1 Å². The second-order valence-electron chi connectivity index (χ2n) is 5.79. The minimum atomic E-state index is -0.344. The SMILES string of the molecule is Cc1cc2oc(=O)cc(C)c2c2cc(-c3ccc(F)cc3)[nH]c12. The van der Waals surface area contributed by atoms with E-state index in [4.69, 9.17) is 4.42 Å². The molecule has 0 spiro atoms. The molecule has 0 radical (unpaired) electrons. The van der Waals surface area contributed by atoms with Crippen molar-refractivity contribution in [2.45, 2.75) is 13.8 Å². The lowest BCUT2D eigenvalue weighted by Crippen LogP contribution is -1.98. The molecule has 0 saturated carbocycles. The highest BCUT2D eigenvalue weighted by Crippen LogP contribution is 2.33. The van der Waals surface area contributed by atoms with E-state index in [1.54, 1.807) is 12.1 Å². The van der Waals surface area contributed by atoms with E-state index in [2.05, 4.69) is 4.98 Å². The van der Waals surface area contributed by atoms with Gasteiger partial charge in [0.05, 0.1) is 0 Å². The minimum Gasteiger partial charge on any atom is -0.423 e. The van der Waals surface area contributed by atoms with Gasteiger partial charge in [0.2, 0.25) is 0 Å². The highest BCUT2D eigenvalue weighted by Gasteiger charge is 2.13. The summed E-state index contributed by atoms with van der Waals surface area (Å²) in [7, 11) is 0. The largest absolute Gasteiger partial charge is 0.423 e. The fourth-order valence-electron chi connectivity index (χ4n) is 3.10. The van der Waals surface area contributed by atoms with Crippen LogP contribution >= 0.6 is 0 Å². The molecule has 2 heterocycles. The summed E-state index contributed by atoms with van der Waals surface area (Å²) in [6.45, 7) is 3.87. The molecular formula is C19H14FNO2.